The van der Waals surface area contributed by atoms with E-state index < -0.39 is 0 Å². The van der Waals surface area contributed by atoms with Crippen LogP contribution in [0.15, 0.2) is 0 Å². The average molecular weight is 198 g/mol. The monoisotopic (exact) mass is 198 g/mol. The largest absolute Gasteiger partial charge is 0.312 e. The highest BCUT2D eigenvalue weighted by molar-refractivity contribution is 4.78. The van der Waals surface area contributed by atoms with Crippen molar-refractivity contribution in [2.75, 3.05) is 26.7 Å². The first-order valence-corrected chi connectivity index (χ1v) is 6.16. The van der Waals surface area contributed by atoms with Gasteiger partial charge in [0.25, 0.3) is 0 Å². The van der Waals surface area contributed by atoms with Crippen LogP contribution in [0.25, 0.3) is 0 Å². The van der Waals surface area contributed by atoms with E-state index in [2.05, 4.69) is 31.1 Å². The molecule has 1 fully saturated rings. The van der Waals surface area contributed by atoms with Crippen LogP contribution in [-0.2, 0) is 0 Å². The number of rotatable bonds is 5. The second kappa shape index (κ2) is 6.41. The lowest BCUT2D eigenvalue weighted by atomic mass is 9.86. The molecule has 1 aliphatic carbocycles. The Bertz CT molecular complexity index is 147. The van der Waals surface area contributed by atoms with Crippen molar-refractivity contribution in [1.82, 2.24) is 10.2 Å². The van der Waals surface area contributed by atoms with Gasteiger partial charge < -0.3 is 10.2 Å². The van der Waals surface area contributed by atoms with Crippen molar-refractivity contribution in [3.05, 3.63) is 0 Å². The van der Waals surface area contributed by atoms with Gasteiger partial charge in [-0.05, 0) is 32.4 Å². The lowest BCUT2D eigenvalue weighted by molar-refractivity contribution is 0.264. The zero-order valence-corrected chi connectivity index (χ0v) is 10.1. The van der Waals surface area contributed by atoms with Crippen molar-refractivity contribution in [3.8, 4) is 0 Å². The van der Waals surface area contributed by atoms with E-state index in [0.29, 0.717) is 0 Å². The topological polar surface area (TPSA) is 15.3 Å². The second-order valence-corrected chi connectivity index (χ2v) is 4.72. The van der Waals surface area contributed by atoms with Gasteiger partial charge >= 0.3 is 0 Å². The van der Waals surface area contributed by atoms with E-state index >= 15 is 0 Å². The van der Waals surface area contributed by atoms with Crippen LogP contribution in [0, 0.1) is 5.92 Å². The summed E-state index contributed by atoms with van der Waals surface area (Å²) in [6.45, 7) is 8.09. The van der Waals surface area contributed by atoms with E-state index in [1.165, 1.54) is 32.2 Å². The third-order valence-electron chi connectivity index (χ3n) is 3.55. The Morgan fingerprint density at radius 1 is 1.29 bits per heavy atom. The Hall–Kier alpha value is -0.0800. The molecular weight excluding hydrogens is 172 g/mol. The van der Waals surface area contributed by atoms with E-state index in [0.717, 1.165) is 25.0 Å². The minimum atomic E-state index is 0.786. The van der Waals surface area contributed by atoms with Gasteiger partial charge in [-0.1, -0.05) is 26.7 Å². The first-order valence-electron chi connectivity index (χ1n) is 6.16. The maximum absolute atomic E-state index is 3.69. The van der Waals surface area contributed by atoms with Gasteiger partial charge in [0.05, 0.1) is 0 Å². The SMILES string of the molecule is CCN(C)CCNC1CCCCC1C. The molecule has 0 amide bonds. The third-order valence-corrected chi connectivity index (χ3v) is 3.55. The van der Waals surface area contributed by atoms with E-state index in [4.69, 9.17) is 0 Å². The van der Waals surface area contributed by atoms with Crippen molar-refractivity contribution < 1.29 is 0 Å². The Morgan fingerprint density at radius 3 is 2.64 bits per heavy atom. The second-order valence-electron chi connectivity index (χ2n) is 4.72. The van der Waals surface area contributed by atoms with Crippen LogP contribution in [0.1, 0.15) is 39.5 Å². The van der Waals surface area contributed by atoms with Gasteiger partial charge in [-0.3, -0.25) is 0 Å². The van der Waals surface area contributed by atoms with Crippen molar-refractivity contribution in [2.45, 2.75) is 45.6 Å². The quantitative estimate of drug-likeness (QED) is 0.728. The molecule has 0 aliphatic heterocycles. The van der Waals surface area contributed by atoms with Gasteiger partial charge in [0.2, 0.25) is 0 Å². The Morgan fingerprint density at radius 2 is 2.00 bits per heavy atom. The maximum Gasteiger partial charge on any atom is 0.0104 e. The summed E-state index contributed by atoms with van der Waals surface area (Å²) in [5.41, 5.74) is 0. The molecule has 2 atom stereocenters. The predicted octanol–water partition coefficient (Wildman–Crippen LogP) is 2.11. The molecule has 2 heteroatoms. The fourth-order valence-electron chi connectivity index (χ4n) is 2.22. The number of likely N-dealkylation sites (N-methyl/N-ethyl adjacent to an activating group) is 1. The average Bonchev–Trinajstić information content (AvgIpc) is 2.20. The lowest BCUT2D eigenvalue weighted by Gasteiger charge is -2.30. The summed E-state index contributed by atoms with van der Waals surface area (Å²) in [6, 6.07) is 0.786. The van der Waals surface area contributed by atoms with Crippen LogP contribution >= 0.6 is 0 Å². The fraction of sp³-hybridized carbons (Fsp3) is 1.00. The normalized spacial score (nSPS) is 28.3. The van der Waals surface area contributed by atoms with E-state index in [9.17, 15) is 0 Å². The number of nitrogens with one attached hydrogen (secondary N) is 1. The highest BCUT2D eigenvalue weighted by atomic mass is 15.1. The van der Waals surface area contributed by atoms with Crippen molar-refractivity contribution in [2.24, 2.45) is 5.92 Å². The predicted molar refractivity (Wildman–Crippen MR) is 62.6 cm³/mol. The molecule has 0 heterocycles. The van der Waals surface area contributed by atoms with Crippen molar-refractivity contribution in [3.63, 3.8) is 0 Å². The molecule has 0 saturated heterocycles. The van der Waals surface area contributed by atoms with Gasteiger partial charge in [0, 0.05) is 19.1 Å². The lowest BCUT2D eigenvalue weighted by Crippen LogP contribution is -2.40. The third kappa shape index (κ3) is 3.97. The van der Waals surface area contributed by atoms with Crippen LogP contribution < -0.4 is 5.32 Å². The molecule has 0 aromatic carbocycles. The molecule has 1 saturated carbocycles. The van der Waals surface area contributed by atoms with Gasteiger partial charge in [0.1, 0.15) is 0 Å². The van der Waals surface area contributed by atoms with Crippen LogP contribution in [0.3, 0.4) is 0 Å². The summed E-state index contributed by atoms with van der Waals surface area (Å²) < 4.78 is 0. The van der Waals surface area contributed by atoms with Gasteiger partial charge in [0.15, 0.2) is 0 Å². The summed E-state index contributed by atoms with van der Waals surface area (Å²) >= 11 is 0. The first kappa shape index (κ1) is 12.0. The standard InChI is InChI=1S/C12H26N2/c1-4-14(3)10-9-13-12-8-6-5-7-11(12)2/h11-13H,4-10H2,1-3H3. The van der Waals surface area contributed by atoms with Crippen LogP contribution in [0.5, 0.6) is 0 Å². The van der Waals surface area contributed by atoms with E-state index in [1.54, 1.807) is 0 Å². The highest BCUT2D eigenvalue weighted by Crippen LogP contribution is 2.23. The summed E-state index contributed by atoms with van der Waals surface area (Å²) in [5, 5.41) is 3.69. The molecule has 0 aromatic rings. The number of hydrogen-bond acceptors (Lipinski definition) is 2. The van der Waals surface area contributed by atoms with E-state index in [-0.39, 0.29) is 0 Å². The van der Waals surface area contributed by atoms with Crippen molar-refractivity contribution >= 4 is 0 Å². The van der Waals surface area contributed by atoms with E-state index in [1.807, 2.05) is 0 Å². The Kier molecular flexibility index (Phi) is 5.49. The zero-order valence-electron chi connectivity index (χ0n) is 10.1. The van der Waals surface area contributed by atoms with Crippen LogP contribution in [0.2, 0.25) is 0 Å². The molecule has 0 aromatic heterocycles. The molecule has 0 radical (unpaired) electrons. The Labute approximate surface area is 89.1 Å². The molecule has 1 N–H and O–H groups in total. The van der Waals surface area contributed by atoms with Crippen molar-refractivity contribution in [1.29, 1.82) is 0 Å². The molecule has 14 heavy (non-hydrogen) atoms. The molecule has 84 valence electrons. The van der Waals surface area contributed by atoms with Crippen LogP contribution in [0.4, 0.5) is 0 Å². The molecular formula is C12H26N2. The summed E-state index contributed by atoms with van der Waals surface area (Å²) in [5.74, 6) is 0.885. The minimum absolute atomic E-state index is 0.786. The number of nitrogens with zero attached hydrogens (tertiary/aromatic N) is 1. The smallest absolute Gasteiger partial charge is 0.0104 e. The molecule has 1 aliphatic rings. The summed E-state index contributed by atoms with van der Waals surface area (Å²) in [6.07, 6.45) is 5.66. The number of hydrogen-bond donors (Lipinski definition) is 1. The highest BCUT2D eigenvalue weighted by Gasteiger charge is 2.19. The Balaban J connectivity index is 2.10. The van der Waals surface area contributed by atoms with Gasteiger partial charge in [-0.25, -0.2) is 0 Å². The minimum Gasteiger partial charge on any atom is -0.312 e. The molecule has 0 spiro atoms. The maximum atomic E-state index is 3.69. The molecule has 2 unspecified atom stereocenters. The van der Waals surface area contributed by atoms with Crippen LogP contribution in [-0.4, -0.2) is 37.6 Å². The fourth-order valence-corrected chi connectivity index (χ4v) is 2.22. The zero-order chi connectivity index (χ0) is 10.4. The molecule has 1 rings (SSSR count). The molecule has 2 nitrogen and oxygen atoms in total. The summed E-state index contributed by atoms with van der Waals surface area (Å²) in [4.78, 5) is 2.36. The summed E-state index contributed by atoms with van der Waals surface area (Å²) in [7, 11) is 2.19. The van der Waals surface area contributed by atoms with Gasteiger partial charge in [-0.2, -0.15) is 0 Å². The first-order chi connectivity index (χ1) is 6.74. The van der Waals surface area contributed by atoms with Gasteiger partial charge in [-0.15, -0.1) is 0 Å². The molecule has 0 bridgehead atoms.